The molecule has 0 saturated heterocycles. The Morgan fingerprint density at radius 2 is 2.40 bits per heavy atom. The maximum absolute atomic E-state index is 4.40. The Labute approximate surface area is 99.6 Å². The summed E-state index contributed by atoms with van der Waals surface area (Å²) in [4.78, 5) is 4.40. The zero-order valence-corrected chi connectivity index (χ0v) is 11.1. The predicted molar refractivity (Wildman–Crippen MR) is 67.1 cm³/mol. The Morgan fingerprint density at radius 1 is 1.67 bits per heavy atom. The van der Waals surface area contributed by atoms with Crippen molar-refractivity contribution in [3.63, 3.8) is 0 Å². The van der Waals surface area contributed by atoms with Gasteiger partial charge in [-0.15, -0.1) is 0 Å². The van der Waals surface area contributed by atoms with Crippen LogP contribution in [0.3, 0.4) is 0 Å². The van der Waals surface area contributed by atoms with E-state index in [1.54, 1.807) is 0 Å². The van der Waals surface area contributed by atoms with Crippen molar-refractivity contribution in [1.82, 2.24) is 4.98 Å². The molecule has 15 heavy (non-hydrogen) atoms. The second-order valence-corrected chi connectivity index (χ2v) is 5.61. The summed E-state index contributed by atoms with van der Waals surface area (Å²) in [5.74, 6) is 0.975. The quantitative estimate of drug-likeness (QED) is 0.903. The normalized spacial score (nSPS) is 28.9. The molecule has 0 bridgehead atoms. The van der Waals surface area contributed by atoms with Crippen LogP contribution in [-0.2, 0) is 0 Å². The van der Waals surface area contributed by atoms with Crippen LogP contribution in [0.5, 0.6) is 0 Å². The van der Waals surface area contributed by atoms with Crippen LogP contribution >= 0.6 is 15.9 Å². The zero-order valence-electron chi connectivity index (χ0n) is 9.47. The minimum atomic E-state index is 0.478. The van der Waals surface area contributed by atoms with E-state index in [1.807, 2.05) is 6.20 Å². The van der Waals surface area contributed by atoms with Gasteiger partial charge in [0.25, 0.3) is 0 Å². The molecule has 82 valence electrons. The van der Waals surface area contributed by atoms with Crippen molar-refractivity contribution in [2.45, 2.75) is 39.7 Å². The standard InChI is InChI=1S/C12H17BrN2/c1-4-12(3)6-10(12)15-11-9(13)5-8(2)7-14-11/h5,7,10H,4,6H2,1-3H3,(H,14,15). The molecule has 3 heteroatoms. The number of hydrogen-bond acceptors (Lipinski definition) is 2. The largest absolute Gasteiger partial charge is 0.366 e. The molecule has 2 unspecified atom stereocenters. The van der Waals surface area contributed by atoms with Crippen molar-refractivity contribution in [1.29, 1.82) is 0 Å². The van der Waals surface area contributed by atoms with Gasteiger partial charge in [0.15, 0.2) is 0 Å². The summed E-state index contributed by atoms with van der Waals surface area (Å²) < 4.78 is 1.06. The van der Waals surface area contributed by atoms with Gasteiger partial charge in [-0.25, -0.2) is 4.98 Å². The first-order chi connectivity index (χ1) is 7.05. The number of aromatic nitrogens is 1. The first kappa shape index (κ1) is 10.9. The van der Waals surface area contributed by atoms with Crippen LogP contribution in [0.4, 0.5) is 5.82 Å². The molecule has 1 aliphatic rings. The van der Waals surface area contributed by atoms with E-state index in [2.05, 4.69) is 53.1 Å². The fourth-order valence-electron chi connectivity index (χ4n) is 1.83. The first-order valence-electron chi connectivity index (χ1n) is 5.44. The highest BCUT2D eigenvalue weighted by atomic mass is 79.9. The second-order valence-electron chi connectivity index (χ2n) is 4.75. The van der Waals surface area contributed by atoms with E-state index in [9.17, 15) is 0 Å². The molecular formula is C12H17BrN2. The van der Waals surface area contributed by atoms with Gasteiger partial charge in [0.1, 0.15) is 5.82 Å². The molecule has 1 aromatic rings. The summed E-state index contributed by atoms with van der Waals surface area (Å²) in [6, 6.07) is 2.69. The Kier molecular flexibility index (Phi) is 2.75. The van der Waals surface area contributed by atoms with Gasteiger partial charge >= 0.3 is 0 Å². The molecule has 0 amide bonds. The van der Waals surface area contributed by atoms with Crippen molar-refractivity contribution in [3.05, 3.63) is 22.3 Å². The molecule has 1 heterocycles. The van der Waals surface area contributed by atoms with Crippen LogP contribution in [0.1, 0.15) is 32.3 Å². The number of pyridine rings is 1. The highest BCUT2D eigenvalue weighted by molar-refractivity contribution is 9.10. The average molecular weight is 269 g/mol. The third-order valence-corrected chi connectivity index (χ3v) is 4.05. The molecule has 2 rings (SSSR count). The van der Waals surface area contributed by atoms with Gasteiger partial charge in [-0.2, -0.15) is 0 Å². The minimum Gasteiger partial charge on any atom is -0.366 e. The molecule has 0 radical (unpaired) electrons. The maximum atomic E-state index is 4.40. The summed E-state index contributed by atoms with van der Waals surface area (Å²) in [5.41, 5.74) is 1.66. The summed E-state index contributed by atoms with van der Waals surface area (Å²) >= 11 is 3.54. The van der Waals surface area contributed by atoms with E-state index in [-0.39, 0.29) is 0 Å². The molecule has 0 aliphatic heterocycles. The number of anilines is 1. The highest BCUT2D eigenvalue weighted by Crippen LogP contribution is 2.50. The number of rotatable bonds is 3. The molecular weight excluding hydrogens is 252 g/mol. The monoisotopic (exact) mass is 268 g/mol. The fraction of sp³-hybridized carbons (Fsp3) is 0.583. The van der Waals surface area contributed by atoms with Gasteiger partial charge in [-0.1, -0.05) is 13.8 Å². The predicted octanol–water partition coefficient (Wildman–Crippen LogP) is 3.75. The first-order valence-corrected chi connectivity index (χ1v) is 6.23. The van der Waals surface area contributed by atoms with Crippen molar-refractivity contribution in [3.8, 4) is 0 Å². The van der Waals surface area contributed by atoms with Crippen LogP contribution in [0, 0.1) is 12.3 Å². The highest BCUT2D eigenvalue weighted by Gasteiger charge is 2.48. The van der Waals surface area contributed by atoms with E-state index >= 15 is 0 Å². The van der Waals surface area contributed by atoms with Crippen LogP contribution < -0.4 is 5.32 Å². The summed E-state index contributed by atoms with van der Waals surface area (Å²) in [6.45, 7) is 6.63. The molecule has 1 aromatic heterocycles. The third kappa shape index (κ3) is 2.17. The Balaban J connectivity index is 2.07. The van der Waals surface area contributed by atoms with Crippen molar-refractivity contribution < 1.29 is 0 Å². The number of halogens is 1. The molecule has 1 N–H and O–H groups in total. The molecule has 0 spiro atoms. The Morgan fingerprint density at radius 3 is 2.93 bits per heavy atom. The van der Waals surface area contributed by atoms with Crippen LogP contribution in [-0.4, -0.2) is 11.0 Å². The second kappa shape index (κ2) is 3.78. The number of aryl methyl sites for hydroxylation is 1. The van der Waals surface area contributed by atoms with E-state index in [4.69, 9.17) is 0 Å². The number of nitrogens with one attached hydrogen (secondary N) is 1. The van der Waals surface area contributed by atoms with Gasteiger partial charge in [0.2, 0.25) is 0 Å². The average Bonchev–Trinajstić information content (AvgIpc) is 2.83. The third-order valence-electron chi connectivity index (χ3n) is 3.45. The zero-order chi connectivity index (χ0) is 11.1. The van der Waals surface area contributed by atoms with E-state index in [0.717, 1.165) is 10.3 Å². The van der Waals surface area contributed by atoms with Crippen LogP contribution in [0.2, 0.25) is 0 Å². The fourth-order valence-corrected chi connectivity index (χ4v) is 2.41. The lowest BCUT2D eigenvalue weighted by Gasteiger charge is -2.11. The van der Waals surface area contributed by atoms with Crippen molar-refractivity contribution in [2.75, 3.05) is 5.32 Å². The summed E-state index contributed by atoms with van der Waals surface area (Å²) in [6.07, 6.45) is 4.39. The maximum Gasteiger partial charge on any atom is 0.140 e. The minimum absolute atomic E-state index is 0.478. The van der Waals surface area contributed by atoms with E-state index in [1.165, 1.54) is 18.4 Å². The van der Waals surface area contributed by atoms with Crippen LogP contribution in [0.15, 0.2) is 16.7 Å². The molecule has 1 fully saturated rings. The van der Waals surface area contributed by atoms with Gasteiger partial charge in [-0.05, 0) is 52.7 Å². The molecule has 2 nitrogen and oxygen atoms in total. The van der Waals surface area contributed by atoms with Gasteiger partial charge in [0, 0.05) is 12.2 Å². The summed E-state index contributed by atoms with van der Waals surface area (Å²) in [5, 5.41) is 3.49. The molecule has 2 atom stereocenters. The summed E-state index contributed by atoms with van der Waals surface area (Å²) in [7, 11) is 0. The lowest BCUT2D eigenvalue weighted by Crippen LogP contribution is -2.11. The van der Waals surface area contributed by atoms with E-state index in [0.29, 0.717) is 11.5 Å². The lowest BCUT2D eigenvalue weighted by atomic mass is 10.1. The van der Waals surface area contributed by atoms with Crippen molar-refractivity contribution >= 4 is 21.7 Å². The number of nitrogens with zero attached hydrogens (tertiary/aromatic N) is 1. The lowest BCUT2D eigenvalue weighted by molar-refractivity contribution is 0.535. The molecule has 1 aliphatic carbocycles. The van der Waals surface area contributed by atoms with Gasteiger partial charge in [-0.3, -0.25) is 0 Å². The smallest absolute Gasteiger partial charge is 0.140 e. The van der Waals surface area contributed by atoms with Gasteiger partial charge < -0.3 is 5.32 Å². The molecule has 0 aromatic carbocycles. The Hall–Kier alpha value is -0.570. The molecule has 1 saturated carbocycles. The van der Waals surface area contributed by atoms with Crippen molar-refractivity contribution in [2.24, 2.45) is 5.41 Å². The van der Waals surface area contributed by atoms with E-state index < -0.39 is 0 Å². The topological polar surface area (TPSA) is 24.9 Å². The Bertz CT molecular complexity index is 378. The SMILES string of the molecule is CCC1(C)CC1Nc1ncc(C)cc1Br. The number of hydrogen-bond donors (Lipinski definition) is 1. The van der Waals surface area contributed by atoms with Crippen LogP contribution in [0.25, 0.3) is 0 Å². The van der Waals surface area contributed by atoms with Gasteiger partial charge in [0.05, 0.1) is 4.47 Å².